The van der Waals surface area contributed by atoms with Crippen LogP contribution in [0.4, 0.5) is 5.69 Å². The molecule has 1 fully saturated rings. The van der Waals surface area contributed by atoms with Crippen molar-refractivity contribution in [2.24, 2.45) is 0 Å². The van der Waals surface area contributed by atoms with E-state index < -0.39 is 0 Å². The van der Waals surface area contributed by atoms with Gasteiger partial charge in [-0.25, -0.2) is 4.98 Å². The average Bonchev–Trinajstić information content (AvgIpc) is 2.99. The normalized spacial score (nSPS) is 17.5. The van der Waals surface area contributed by atoms with Crippen LogP contribution in [-0.4, -0.2) is 31.2 Å². The second-order valence-electron chi connectivity index (χ2n) is 4.23. The van der Waals surface area contributed by atoms with E-state index in [4.69, 9.17) is 0 Å². The van der Waals surface area contributed by atoms with Crippen LogP contribution in [0, 0.1) is 0 Å². The Morgan fingerprint density at radius 3 is 2.73 bits per heavy atom. The molecule has 0 aromatic carbocycles. The molecule has 1 heterocycles. The minimum atomic E-state index is 0.349. The predicted octanol–water partition coefficient (Wildman–Crippen LogP) is 2.03. The molecule has 3 nitrogen and oxygen atoms in total. The van der Waals surface area contributed by atoms with Gasteiger partial charge in [-0.1, -0.05) is 0 Å². The lowest BCUT2D eigenvalue weighted by atomic mass is 10.2. The zero-order chi connectivity index (χ0) is 10.9. The number of halogens is 1. The Bertz CT molecular complexity index is 332. The van der Waals surface area contributed by atoms with Gasteiger partial charge in [0.15, 0.2) is 0 Å². The van der Waals surface area contributed by atoms with Crippen molar-refractivity contribution in [3.63, 3.8) is 0 Å². The first kappa shape index (κ1) is 10.9. The van der Waals surface area contributed by atoms with Gasteiger partial charge in [0.25, 0.3) is 0 Å². The third-order valence-electron chi connectivity index (χ3n) is 3.08. The van der Waals surface area contributed by atoms with E-state index in [0.29, 0.717) is 5.54 Å². The van der Waals surface area contributed by atoms with Crippen molar-refractivity contribution in [1.29, 1.82) is 0 Å². The van der Waals surface area contributed by atoms with Gasteiger partial charge in [0.05, 0.1) is 11.9 Å². The predicted molar refractivity (Wildman–Crippen MR) is 66.2 cm³/mol. The highest BCUT2D eigenvalue weighted by Gasteiger charge is 2.41. The molecule has 15 heavy (non-hydrogen) atoms. The van der Waals surface area contributed by atoms with Crippen LogP contribution in [0.25, 0.3) is 0 Å². The first-order valence-electron chi connectivity index (χ1n) is 5.17. The Labute approximate surface area is 99.0 Å². The zero-order valence-electron chi connectivity index (χ0n) is 9.13. The number of aromatic nitrogens is 1. The Kier molecular flexibility index (Phi) is 2.98. The highest BCUT2D eigenvalue weighted by molar-refractivity contribution is 9.10. The molecular weight excluding hydrogens is 254 g/mol. The second kappa shape index (κ2) is 4.10. The third-order valence-corrected chi connectivity index (χ3v) is 3.55. The Morgan fingerprint density at radius 2 is 2.27 bits per heavy atom. The number of hydrogen-bond donors (Lipinski definition) is 1. The number of pyridine rings is 1. The molecule has 0 aliphatic heterocycles. The van der Waals surface area contributed by atoms with E-state index in [9.17, 15) is 0 Å². The van der Waals surface area contributed by atoms with E-state index in [1.54, 1.807) is 0 Å². The van der Waals surface area contributed by atoms with Crippen molar-refractivity contribution in [1.82, 2.24) is 10.3 Å². The summed E-state index contributed by atoms with van der Waals surface area (Å²) in [4.78, 5) is 6.48. The van der Waals surface area contributed by atoms with Gasteiger partial charge in [0.1, 0.15) is 4.60 Å². The molecule has 1 saturated carbocycles. The van der Waals surface area contributed by atoms with Crippen molar-refractivity contribution >= 4 is 21.6 Å². The third kappa shape index (κ3) is 2.49. The number of likely N-dealkylation sites (N-methyl/N-ethyl adjacent to an activating group) is 2. The van der Waals surface area contributed by atoms with E-state index in [0.717, 1.165) is 11.1 Å². The van der Waals surface area contributed by atoms with Crippen LogP contribution in [0.3, 0.4) is 0 Å². The average molecular weight is 270 g/mol. The van der Waals surface area contributed by atoms with Gasteiger partial charge >= 0.3 is 0 Å². The molecule has 1 aromatic rings. The fourth-order valence-corrected chi connectivity index (χ4v) is 2.01. The van der Waals surface area contributed by atoms with Gasteiger partial charge in [-0.15, -0.1) is 0 Å². The SMILES string of the molecule is CNC1(CN(C)c2ccc(Br)nc2)CC1. The lowest BCUT2D eigenvalue weighted by Gasteiger charge is -2.25. The molecule has 0 spiro atoms. The smallest absolute Gasteiger partial charge is 0.106 e. The van der Waals surface area contributed by atoms with Crippen molar-refractivity contribution in [3.8, 4) is 0 Å². The van der Waals surface area contributed by atoms with E-state index in [-0.39, 0.29) is 0 Å². The summed E-state index contributed by atoms with van der Waals surface area (Å²) in [5, 5.41) is 3.39. The largest absolute Gasteiger partial charge is 0.372 e. The lowest BCUT2D eigenvalue weighted by Crippen LogP contribution is -2.39. The molecule has 0 unspecified atom stereocenters. The summed E-state index contributed by atoms with van der Waals surface area (Å²) in [6.45, 7) is 1.05. The van der Waals surface area contributed by atoms with Crippen molar-refractivity contribution in [2.45, 2.75) is 18.4 Å². The summed E-state index contributed by atoms with van der Waals surface area (Å²) in [6, 6.07) is 4.06. The molecule has 82 valence electrons. The monoisotopic (exact) mass is 269 g/mol. The maximum atomic E-state index is 4.23. The van der Waals surface area contributed by atoms with Gasteiger partial charge in [0, 0.05) is 19.1 Å². The number of rotatable bonds is 4. The lowest BCUT2D eigenvalue weighted by molar-refractivity contribution is 0.549. The highest BCUT2D eigenvalue weighted by atomic mass is 79.9. The fourth-order valence-electron chi connectivity index (χ4n) is 1.78. The van der Waals surface area contributed by atoms with Gasteiger partial charge in [-0.2, -0.15) is 0 Å². The number of nitrogens with one attached hydrogen (secondary N) is 1. The molecule has 1 aliphatic rings. The Balaban J connectivity index is 2.01. The molecule has 0 radical (unpaired) electrons. The maximum Gasteiger partial charge on any atom is 0.106 e. The molecule has 1 aromatic heterocycles. The summed E-state index contributed by atoms with van der Waals surface area (Å²) < 4.78 is 0.884. The Morgan fingerprint density at radius 1 is 1.53 bits per heavy atom. The van der Waals surface area contributed by atoms with E-state index >= 15 is 0 Å². The fraction of sp³-hybridized carbons (Fsp3) is 0.545. The van der Waals surface area contributed by atoms with E-state index in [1.807, 2.05) is 19.3 Å². The van der Waals surface area contributed by atoms with E-state index in [1.165, 1.54) is 18.5 Å². The number of hydrogen-bond acceptors (Lipinski definition) is 3. The maximum absolute atomic E-state index is 4.23. The van der Waals surface area contributed by atoms with Crippen LogP contribution < -0.4 is 10.2 Å². The van der Waals surface area contributed by atoms with Crippen LogP contribution in [0.1, 0.15) is 12.8 Å². The zero-order valence-corrected chi connectivity index (χ0v) is 10.7. The van der Waals surface area contributed by atoms with Crippen LogP contribution in [0.5, 0.6) is 0 Å². The number of anilines is 1. The molecule has 1 N–H and O–H groups in total. The van der Waals surface area contributed by atoms with Gasteiger partial charge in [0.2, 0.25) is 0 Å². The Hall–Kier alpha value is -0.610. The van der Waals surface area contributed by atoms with Crippen LogP contribution in [0.2, 0.25) is 0 Å². The van der Waals surface area contributed by atoms with Gasteiger partial charge in [-0.05, 0) is 48.0 Å². The molecule has 0 saturated heterocycles. The molecule has 0 amide bonds. The second-order valence-corrected chi connectivity index (χ2v) is 5.04. The molecule has 0 bridgehead atoms. The molecule has 0 atom stereocenters. The van der Waals surface area contributed by atoms with Gasteiger partial charge in [-0.3, -0.25) is 0 Å². The van der Waals surface area contributed by atoms with Gasteiger partial charge < -0.3 is 10.2 Å². The van der Waals surface area contributed by atoms with E-state index in [2.05, 4.69) is 44.2 Å². The minimum absolute atomic E-state index is 0.349. The summed E-state index contributed by atoms with van der Waals surface area (Å²) >= 11 is 3.34. The standard InChI is InChI=1S/C11H16BrN3/c1-13-11(5-6-11)8-15(2)9-3-4-10(12)14-7-9/h3-4,7,13H,5-6,8H2,1-2H3. The summed E-state index contributed by atoms with van der Waals surface area (Å²) in [5.74, 6) is 0. The van der Waals surface area contributed by atoms with Crippen molar-refractivity contribution in [2.75, 3.05) is 25.5 Å². The van der Waals surface area contributed by atoms with Crippen LogP contribution >= 0.6 is 15.9 Å². The molecule has 1 aliphatic carbocycles. The summed E-state index contributed by atoms with van der Waals surface area (Å²) in [6.07, 6.45) is 4.45. The highest BCUT2D eigenvalue weighted by Crippen LogP contribution is 2.36. The first-order valence-corrected chi connectivity index (χ1v) is 5.96. The van der Waals surface area contributed by atoms with Crippen molar-refractivity contribution < 1.29 is 0 Å². The van der Waals surface area contributed by atoms with Crippen LogP contribution in [0.15, 0.2) is 22.9 Å². The molecular formula is C11H16BrN3. The minimum Gasteiger partial charge on any atom is -0.372 e. The summed E-state index contributed by atoms with van der Waals surface area (Å²) in [5.41, 5.74) is 1.52. The summed E-state index contributed by atoms with van der Waals surface area (Å²) in [7, 11) is 4.16. The van der Waals surface area contributed by atoms with Crippen LogP contribution in [-0.2, 0) is 0 Å². The van der Waals surface area contributed by atoms with Crippen molar-refractivity contribution in [3.05, 3.63) is 22.9 Å². The number of nitrogens with zero attached hydrogens (tertiary/aromatic N) is 2. The molecule has 4 heteroatoms. The topological polar surface area (TPSA) is 28.2 Å². The molecule has 2 rings (SSSR count). The first-order chi connectivity index (χ1) is 7.15. The quantitative estimate of drug-likeness (QED) is 0.848.